The lowest BCUT2D eigenvalue weighted by atomic mass is 9.49. The monoisotopic (exact) mass is 414 g/mol. The molecule has 1 N–H and O–H groups in total. The molecule has 0 aromatic rings. The average Bonchev–Trinajstić information content (AvgIpc) is 3.04. The van der Waals surface area contributed by atoms with Gasteiger partial charge in [-0.15, -0.1) is 0 Å². The van der Waals surface area contributed by atoms with Gasteiger partial charge in [0.1, 0.15) is 0 Å². The first-order chi connectivity index (χ1) is 13.5. The molecular weight excluding hydrogens is 381 g/mol. The van der Waals surface area contributed by atoms with Crippen LogP contribution in [-0.4, -0.2) is 35.4 Å². The molecule has 0 amide bonds. The lowest BCUT2D eigenvalue weighted by Gasteiger charge is -2.56. The maximum Gasteiger partial charge on any atom is 0.450 e. The molecule has 7 atom stereocenters. The van der Waals surface area contributed by atoms with E-state index in [9.17, 15) is 23.1 Å². The number of hydrogen-bond donors (Lipinski definition) is 1. The number of halogens is 3. The Balaban J connectivity index is 1.40. The quantitative estimate of drug-likeness (QED) is 0.642. The molecule has 3 fully saturated rings. The zero-order valence-electron chi connectivity index (χ0n) is 17.4. The molecule has 4 rings (SSSR count). The van der Waals surface area contributed by atoms with Gasteiger partial charge in [0.2, 0.25) is 5.78 Å². The number of fused-ring (bicyclic) bond motifs is 5. The lowest BCUT2D eigenvalue weighted by molar-refractivity contribution is -0.172. The van der Waals surface area contributed by atoms with Crippen LogP contribution in [-0.2, 0) is 9.53 Å². The number of carbonyl (C=O) groups is 1. The van der Waals surface area contributed by atoms with E-state index in [1.165, 1.54) is 5.57 Å². The van der Waals surface area contributed by atoms with Gasteiger partial charge in [0, 0.05) is 6.42 Å². The van der Waals surface area contributed by atoms with Crippen molar-refractivity contribution in [3.63, 3.8) is 0 Å². The summed E-state index contributed by atoms with van der Waals surface area (Å²) in [6, 6.07) is 0. The molecule has 0 aromatic carbocycles. The third kappa shape index (κ3) is 3.91. The number of carbonyl (C=O) groups excluding carboxylic acids is 1. The summed E-state index contributed by atoms with van der Waals surface area (Å²) in [6.07, 6.45) is 4.89. The lowest BCUT2D eigenvalue weighted by Crippen LogP contribution is -2.49. The van der Waals surface area contributed by atoms with Crippen LogP contribution in [0.25, 0.3) is 0 Å². The van der Waals surface area contributed by atoms with Gasteiger partial charge in [-0.1, -0.05) is 18.6 Å². The summed E-state index contributed by atoms with van der Waals surface area (Å²) >= 11 is 0. The largest absolute Gasteiger partial charge is 0.450 e. The Bertz CT molecular complexity index is 683. The van der Waals surface area contributed by atoms with Crippen LogP contribution < -0.4 is 0 Å². The molecule has 0 spiro atoms. The number of hydrogen-bond acceptors (Lipinski definition) is 3. The van der Waals surface area contributed by atoms with Gasteiger partial charge < -0.3 is 9.84 Å². The topological polar surface area (TPSA) is 46.5 Å². The highest BCUT2D eigenvalue weighted by atomic mass is 19.4. The third-order valence-electron chi connectivity index (χ3n) is 8.61. The molecule has 0 aliphatic heterocycles. The van der Waals surface area contributed by atoms with Gasteiger partial charge in [0.05, 0.1) is 18.3 Å². The van der Waals surface area contributed by atoms with Crippen molar-refractivity contribution in [2.45, 2.75) is 89.5 Å². The molecule has 3 saturated carbocycles. The van der Waals surface area contributed by atoms with Crippen LogP contribution in [0, 0.1) is 29.1 Å². The molecule has 4 unspecified atom stereocenters. The van der Waals surface area contributed by atoms with Crippen LogP contribution >= 0.6 is 0 Å². The summed E-state index contributed by atoms with van der Waals surface area (Å²) in [6.45, 7) is 4.20. The zero-order valence-corrected chi connectivity index (χ0v) is 17.4. The number of alkyl halides is 3. The smallest absolute Gasteiger partial charge is 0.390 e. The fourth-order valence-electron chi connectivity index (χ4n) is 7.06. The Morgan fingerprint density at radius 3 is 2.59 bits per heavy atom. The Hall–Kier alpha value is -0.880. The minimum atomic E-state index is -4.76. The second kappa shape index (κ2) is 7.37. The summed E-state index contributed by atoms with van der Waals surface area (Å²) in [4.78, 5) is 11.1. The maximum absolute atomic E-state index is 12.4. The molecule has 0 radical (unpaired) electrons. The van der Waals surface area contributed by atoms with E-state index < -0.39 is 24.0 Å². The summed E-state index contributed by atoms with van der Waals surface area (Å²) in [5, 5.41) is 10.5. The third-order valence-corrected chi connectivity index (χ3v) is 8.61. The summed E-state index contributed by atoms with van der Waals surface area (Å²) < 4.78 is 43.0. The van der Waals surface area contributed by atoms with Crippen LogP contribution in [0.1, 0.15) is 71.6 Å². The first-order valence-electron chi connectivity index (χ1n) is 11.1. The van der Waals surface area contributed by atoms with Crippen LogP contribution in [0.2, 0.25) is 0 Å². The van der Waals surface area contributed by atoms with Crippen molar-refractivity contribution in [1.82, 2.24) is 0 Å². The van der Waals surface area contributed by atoms with Crippen molar-refractivity contribution < 1.29 is 27.8 Å². The second-order valence-corrected chi connectivity index (χ2v) is 10.4. The zero-order chi connectivity index (χ0) is 21.0. The van der Waals surface area contributed by atoms with Crippen LogP contribution in [0.5, 0.6) is 0 Å². The van der Waals surface area contributed by atoms with Gasteiger partial charge in [-0.2, -0.15) is 13.2 Å². The van der Waals surface area contributed by atoms with Crippen molar-refractivity contribution >= 4 is 5.78 Å². The number of rotatable bonds is 4. The molecule has 29 heavy (non-hydrogen) atoms. The van der Waals surface area contributed by atoms with E-state index in [0.29, 0.717) is 23.7 Å². The van der Waals surface area contributed by atoms with Gasteiger partial charge in [-0.25, -0.2) is 0 Å². The number of ketones is 1. The van der Waals surface area contributed by atoms with E-state index >= 15 is 0 Å². The summed E-state index contributed by atoms with van der Waals surface area (Å²) in [7, 11) is 0. The molecule has 164 valence electrons. The molecule has 4 aliphatic rings. The Kier molecular flexibility index (Phi) is 5.42. The van der Waals surface area contributed by atoms with Gasteiger partial charge in [0.25, 0.3) is 0 Å². The molecule has 3 nitrogen and oxygen atoms in total. The fraction of sp³-hybridized carbons (Fsp3) is 0.870. The van der Waals surface area contributed by atoms with E-state index in [4.69, 9.17) is 4.74 Å². The van der Waals surface area contributed by atoms with Gasteiger partial charge in [-0.05, 0) is 87.4 Å². The summed E-state index contributed by atoms with van der Waals surface area (Å²) in [5.41, 5.74) is 1.02. The minimum absolute atomic E-state index is 0.00717. The predicted molar refractivity (Wildman–Crippen MR) is 103 cm³/mol. The Morgan fingerprint density at radius 1 is 1.14 bits per heavy atom. The number of aliphatic hydroxyl groups is 1. The van der Waals surface area contributed by atoms with E-state index in [1.54, 1.807) is 0 Å². The van der Waals surface area contributed by atoms with Gasteiger partial charge in [0.15, 0.2) is 0 Å². The average molecular weight is 415 g/mol. The van der Waals surface area contributed by atoms with Crippen molar-refractivity contribution in [1.29, 1.82) is 0 Å². The first-order valence-corrected chi connectivity index (χ1v) is 11.1. The van der Waals surface area contributed by atoms with Crippen molar-refractivity contribution in [3.05, 3.63) is 11.6 Å². The number of ether oxygens (including phenoxy) is 1. The summed E-state index contributed by atoms with van der Waals surface area (Å²) in [5.74, 6) is 0.514. The fourth-order valence-corrected chi connectivity index (χ4v) is 7.06. The number of allylic oxidation sites excluding steroid dienone is 1. The molecule has 6 heteroatoms. The minimum Gasteiger partial charge on any atom is -0.390 e. The standard InChI is InChI=1S/C23H33F3O3/c1-21(28)10-11-22(2)14(13-21)3-4-16-15-6-8-19(17(15)5-7-18(16)22)29-12-9-20(27)23(24,25)26/h3,15-19,28H,4-13H2,1-2H3/t15?,16?,17?,18?,19-,21-,22-/m0/s1. The highest BCUT2D eigenvalue weighted by Crippen LogP contribution is 2.62. The van der Waals surface area contributed by atoms with Gasteiger partial charge in [-0.3, -0.25) is 4.79 Å². The highest BCUT2D eigenvalue weighted by Gasteiger charge is 2.55. The van der Waals surface area contributed by atoms with Crippen molar-refractivity contribution in [2.24, 2.45) is 29.1 Å². The molecule has 0 heterocycles. The first kappa shape index (κ1) is 21.4. The Labute approximate surface area is 171 Å². The molecule has 0 bridgehead atoms. The molecule has 0 aromatic heterocycles. The van der Waals surface area contributed by atoms with Gasteiger partial charge >= 0.3 is 6.18 Å². The predicted octanol–water partition coefficient (Wildman–Crippen LogP) is 5.22. The van der Waals surface area contributed by atoms with Crippen molar-refractivity contribution in [2.75, 3.05) is 6.61 Å². The highest BCUT2D eigenvalue weighted by molar-refractivity contribution is 5.84. The Morgan fingerprint density at radius 2 is 1.86 bits per heavy atom. The van der Waals surface area contributed by atoms with E-state index in [2.05, 4.69) is 13.0 Å². The normalized spacial score (nSPS) is 44.5. The second-order valence-electron chi connectivity index (χ2n) is 10.4. The van der Waals surface area contributed by atoms with Crippen molar-refractivity contribution in [3.8, 4) is 0 Å². The van der Waals surface area contributed by atoms with E-state index in [0.717, 1.165) is 51.4 Å². The van der Waals surface area contributed by atoms with E-state index in [1.807, 2.05) is 6.92 Å². The molecular formula is C23H33F3O3. The maximum atomic E-state index is 12.4. The van der Waals surface area contributed by atoms with Crippen LogP contribution in [0.15, 0.2) is 11.6 Å². The van der Waals surface area contributed by atoms with Crippen LogP contribution in [0.4, 0.5) is 13.2 Å². The van der Waals surface area contributed by atoms with E-state index in [-0.39, 0.29) is 18.1 Å². The van der Waals surface area contributed by atoms with Crippen LogP contribution in [0.3, 0.4) is 0 Å². The molecule has 0 saturated heterocycles. The SMILES string of the molecule is C[C@]1(O)CC[C@@]2(C)C(=CCC3C4CC[C@H](OCCC(=O)C(F)(F)F)C4CCC32)C1. The number of Topliss-reactive ketones (excluding diaryl/α,β-unsaturated/α-hetero) is 1. The molecule has 4 aliphatic carbocycles.